The van der Waals surface area contributed by atoms with Gasteiger partial charge in [0.1, 0.15) is 11.6 Å². The highest BCUT2D eigenvalue weighted by atomic mass is 32.2. The number of halogens is 3. The van der Waals surface area contributed by atoms with Gasteiger partial charge in [-0.25, -0.2) is 13.4 Å². The lowest BCUT2D eigenvalue weighted by molar-refractivity contribution is -0.274. The lowest BCUT2D eigenvalue weighted by Crippen LogP contribution is -2.43. The normalized spacial score (nSPS) is 16.3. The van der Waals surface area contributed by atoms with Crippen molar-refractivity contribution in [2.45, 2.75) is 30.5 Å². The van der Waals surface area contributed by atoms with Crippen molar-refractivity contribution in [2.75, 3.05) is 19.6 Å². The minimum Gasteiger partial charge on any atom is -0.406 e. The minimum atomic E-state index is -4.91. The van der Waals surface area contributed by atoms with E-state index in [-0.39, 0.29) is 29.8 Å². The summed E-state index contributed by atoms with van der Waals surface area (Å²) in [5, 5.41) is 2.85. The maximum Gasteiger partial charge on any atom is 0.573 e. The fourth-order valence-electron chi connectivity index (χ4n) is 3.42. The Kier molecular flexibility index (Phi) is 6.90. The van der Waals surface area contributed by atoms with Crippen LogP contribution in [-0.4, -0.2) is 54.2 Å². The third-order valence-electron chi connectivity index (χ3n) is 5.07. The van der Waals surface area contributed by atoms with Crippen molar-refractivity contribution in [3.63, 3.8) is 0 Å². The van der Waals surface area contributed by atoms with Crippen molar-refractivity contribution in [3.05, 3.63) is 42.5 Å². The molecule has 1 saturated heterocycles. The van der Waals surface area contributed by atoms with Gasteiger partial charge in [-0.1, -0.05) is 6.07 Å². The fourth-order valence-corrected chi connectivity index (χ4v) is 4.92. The molecule has 0 atom stereocenters. The number of aromatic nitrogens is 2. The quantitative estimate of drug-likeness (QED) is 0.683. The van der Waals surface area contributed by atoms with E-state index in [2.05, 4.69) is 15.0 Å². The summed E-state index contributed by atoms with van der Waals surface area (Å²) in [5.41, 5.74) is 0. The summed E-state index contributed by atoms with van der Waals surface area (Å²) in [7, 11) is -2.13. The molecule has 1 aromatic heterocycles. The minimum absolute atomic E-state index is 0.101. The average Bonchev–Trinajstić information content (AvgIpc) is 3.11. The molecule has 0 radical (unpaired) electrons. The van der Waals surface area contributed by atoms with Crippen LogP contribution < -0.4 is 10.1 Å². The number of alkyl halides is 3. The molecule has 1 N–H and O–H groups in total. The number of amides is 1. The van der Waals surface area contributed by atoms with Crippen LogP contribution in [0.1, 0.15) is 18.7 Å². The monoisotopic (exact) mass is 460 g/mol. The van der Waals surface area contributed by atoms with Gasteiger partial charge in [0.05, 0.1) is 4.90 Å². The van der Waals surface area contributed by atoms with E-state index in [0.29, 0.717) is 25.8 Å². The van der Waals surface area contributed by atoms with E-state index >= 15 is 0 Å². The van der Waals surface area contributed by atoms with Gasteiger partial charge in [-0.3, -0.25) is 4.79 Å². The number of sulfonamides is 1. The predicted molar refractivity (Wildman–Crippen MR) is 105 cm³/mol. The Balaban J connectivity index is 1.54. The first-order valence-corrected chi connectivity index (χ1v) is 11.1. The van der Waals surface area contributed by atoms with Gasteiger partial charge >= 0.3 is 6.36 Å². The molecule has 31 heavy (non-hydrogen) atoms. The van der Waals surface area contributed by atoms with Gasteiger partial charge in [0.25, 0.3) is 0 Å². The molecular formula is C19H23F3N4O4S. The highest BCUT2D eigenvalue weighted by molar-refractivity contribution is 7.89. The molecular weight excluding hydrogens is 437 g/mol. The summed E-state index contributed by atoms with van der Waals surface area (Å²) in [6.45, 7) is 0.627. The molecule has 2 aromatic rings. The standard InChI is InChI=1S/C19H23F3N4O4S/c1-25-12-9-23-17(25)5-8-24-18(27)14-6-10-26(11-7-14)31(28,29)16-4-2-3-15(13-16)30-19(20,21)22/h2-4,9,12-14H,5-8,10-11H2,1H3,(H,24,27). The summed E-state index contributed by atoms with van der Waals surface area (Å²) < 4.78 is 69.7. The second kappa shape index (κ2) is 9.27. The van der Waals surface area contributed by atoms with E-state index < -0.39 is 22.1 Å². The maximum atomic E-state index is 12.8. The van der Waals surface area contributed by atoms with Crippen LogP contribution in [0.25, 0.3) is 0 Å². The van der Waals surface area contributed by atoms with Gasteiger partial charge in [0, 0.05) is 57.5 Å². The fraction of sp³-hybridized carbons (Fsp3) is 0.474. The number of piperidine rings is 1. The van der Waals surface area contributed by atoms with Crippen LogP contribution in [-0.2, 0) is 28.3 Å². The van der Waals surface area contributed by atoms with E-state index in [1.54, 1.807) is 6.20 Å². The number of hydrogen-bond donors (Lipinski definition) is 1. The van der Waals surface area contributed by atoms with Gasteiger partial charge in [-0.15, -0.1) is 13.2 Å². The largest absolute Gasteiger partial charge is 0.573 e. The van der Waals surface area contributed by atoms with Crippen LogP contribution in [0.5, 0.6) is 5.75 Å². The second-order valence-corrected chi connectivity index (χ2v) is 9.13. The number of benzene rings is 1. The van der Waals surface area contributed by atoms with E-state index in [0.717, 1.165) is 18.0 Å². The lowest BCUT2D eigenvalue weighted by Gasteiger charge is -2.30. The number of nitrogens with zero attached hydrogens (tertiary/aromatic N) is 3. The SMILES string of the molecule is Cn1ccnc1CCNC(=O)C1CCN(S(=O)(=O)c2cccc(OC(F)(F)F)c2)CC1. The number of hydrogen-bond acceptors (Lipinski definition) is 5. The molecule has 1 fully saturated rings. The van der Waals surface area contributed by atoms with E-state index in [1.807, 2.05) is 17.8 Å². The summed E-state index contributed by atoms with van der Waals surface area (Å²) in [6.07, 6.45) is -0.182. The molecule has 1 aromatic carbocycles. The number of nitrogens with one attached hydrogen (secondary N) is 1. The predicted octanol–water partition coefficient (Wildman–Crippen LogP) is 2.08. The van der Waals surface area contributed by atoms with Gasteiger partial charge < -0.3 is 14.6 Å². The number of aryl methyl sites for hydroxylation is 1. The summed E-state index contributed by atoms with van der Waals surface area (Å²) in [6, 6.07) is 4.29. The van der Waals surface area contributed by atoms with Crippen molar-refractivity contribution in [2.24, 2.45) is 13.0 Å². The number of carbonyl (C=O) groups is 1. The second-order valence-electron chi connectivity index (χ2n) is 7.20. The Morgan fingerprint density at radius 3 is 2.61 bits per heavy atom. The van der Waals surface area contributed by atoms with Crippen LogP contribution >= 0.6 is 0 Å². The molecule has 170 valence electrons. The van der Waals surface area contributed by atoms with E-state index in [1.165, 1.54) is 16.4 Å². The molecule has 1 aliphatic heterocycles. The van der Waals surface area contributed by atoms with Crippen molar-refractivity contribution in [1.82, 2.24) is 19.2 Å². The van der Waals surface area contributed by atoms with Crippen LogP contribution in [0, 0.1) is 5.92 Å². The topological polar surface area (TPSA) is 93.5 Å². The molecule has 1 amide bonds. The third kappa shape index (κ3) is 5.97. The first-order valence-electron chi connectivity index (χ1n) is 9.66. The van der Waals surface area contributed by atoms with Gasteiger partial charge in [0.15, 0.2) is 0 Å². The van der Waals surface area contributed by atoms with Crippen molar-refractivity contribution in [1.29, 1.82) is 0 Å². The average molecular weight is 460 g/mol. The molecule has 8 nitrogen and oxygen atoms in total. The number of imidazole rings is 1. The Bertz CT molecular complexity index is 1020. The summed E-state index contributed by atoms with van der Waals surface area (Å²) >= 11 is 0. The van der Waals surface area contributed by atoms with Gasteiger partial charge in [-0.2, -0.15) is 4.31 Å². The highest BCUT2D eigenvalue weighted by Crippen LogP contribution is 2.28. The van der Waals surface area contributed by atoms with Crippen LogP contribution in [0.3, 0.4) is 0 Å². The van der Waals surface area contributed by atoms with Crippen molar-refractivity contribution >= 4 is 15.9 Å². The number of ether oxygens (including phenoxy) is 1. The Morgan fingerprint density at radius 2 is 2.00 bits per heavy atom. The molecule has 0 spiro atoms. The zero-order valence-electron chi connectivity index (χ0n) is 16.8. The molecule has 3 rings (SSSR count). The van der Waals surface area contributed by atoms with E-state index in [4.69, 9.17) is 0 Å². The lowest BCUT2D eigenvalue weighted by atomic mass is 9.97. The number of rotatable bonds is 7. The molecule has 1 aliphatic rings. The Morgan fingerprint density at radius 1 is 1.29 bits per heavy atom. The van der Waals surface area contributed by atoms with Crippen molar-refractivity contribution < 1.29 is 31.1 Å². The summed E-state index contributed by atoms with van der Waals surface area (Å²) in [5.74, 6) is -0.229. The van der Waals surface area contributed by atoms with Gasteiger partial charge in [0.2, 0.25) is 15.9 Å². The highest BCUT2D eigenvalue weighted by Gasteiger charge is 2.34. The zero-order valence-corrected chi connectivity index (χ0v) is 17.6. The van der Waals surface area contributed by atoms with Crippen LogP contribution in [0.2, 0.25) is 0 Å². The first-order chi connectivity index (χ1) is 14.6. The number of carbonyl (C=O) groups excluding carboxylic acids is 1. The first kappa shape index (κ1) is 23.1. The molecule has 0 aliphatic carbocycles. The zero-order chi connectivity index (χ0) is 22.6. The van der Waals surface area contributed by atoms with Crippen molar-refractivity contribution in [3.8, 4) is 5.75 Å². The molecule has 0 saturated carbocycles. The molecule has 12 heteroatoms. The van der Waals surface area contributed by atoms with Crippen LogP contribution in [0.15, 0.2) is 41.6 Å². The smallest absolute Gasteiger partial charge is 0.406 e. The maximum absolute atomic E-state index is 12.8. The third-order valence-corrected chi connectivity index (χ3v) is 6.97. The van der Waals surface area contributed by atoms with Gasteiger partial charge in [-0.05, 0) is 25.0 Å². The molecule has 0 unspecified atom stereocenters. The summed E-state index contributed by atoms with van der Waals surface area (Å²) in [4.78, 5) is 16.3. The van der Waals surface area contributed by atoms with Crippen LogP contribution in [0.4, 0.5) is 13.2 Å². The Labute approximate surface area is 178 Å². The Hall–Kier alpha value is -2.60. The molecule has 2 heterocycles. The van der Waals surface area contributed by atoms with E-state index in [9.17, 15) is 26.4 Å². The molecule has 0 bridgehead atoms.